The molecule has 1 fully saturated rings. The summed E-state index contributed by atoms with van der Waals surface area (Å²) in [5.41, 5.74) is -0.200. The SMILES string of the molecule is O=C(/C=C/c1ccc(-c2ccc(Cl)cc2Cl)o1)N1CCN(c2c(F)c(F)c(Cl)c(F)c2F)CC1. The molecule has 0 spiro atoms. The van der Waals surface area contributed by atoms with Crippen LogP contribution in [0, 0.1) is 23.3 Å². The zero-order chi connectivity index (χ0) is 24.6. The van der Waals surface area contributed by atoms with E-state index in [1.54, 1.807) is 30.3 Å². The van der Waals surface area contributed by atoms with Gasteiger partial charge in [0.15, 0.2) is 23.3 Å². The van der Waals surface area contributed by atoms with Gasteiger partial charge in [0.2, 0.25) is 5.91 Å². The van der Waals surface area contributed by atoms with Crippen LogP contribution >= 0.6 is 34.8 Å². The highest BCUT2D eigenvalue weighted by Gasteiger charge is 2.30. The molecule has 3 aromatic rings. The first kappa shape index (κ1) is 24.4. The predicted molar refractivity (Wildman–Crippen MR) is 123 cm³/mol. The summed E-state index contributed by atoms with van der Waals surface area (Å²) in [5, 5.41) is -0.334. The number of piperazine rings is 1. The minimum absolute atomic E-state index is 0.0338. The minimum Gasteiger partial charge on any atom is -0.457 e. The van der Waals surface area contributed by atoms with E-state index in [4.69, 9.17) is 39.2 Å². The molecule has 2 aromatic carbocycles. The molecule has 11 heteroatoms. The fraction of sp³-hybridized carbons (Fsp3) is 0.174. The van der Waals surface area contributed by atoms with E-state index in [1.807, 2.05) is 0 Å². The summed E-state index contributed by atoms with van der Waals surface area (Å²) in [6.45, 7) is 0.0945. The Labute approximate surface area is 206 Å². The highest BCUT2D eigenvalue weighted by atomic mass is 35.5. The number of anilines is 1. The molecule has 4 rings (SSSR count). The van der Waals surface area contributed by atoms with Gasteiger partial charge in [-0.25, -0.2) is 17.6 Å². The van der Waals surface area contributed by atoms with Crippen LogP contribution in [0.15, 0.2) is 40.8 Å². The van der Waals surface area contributed by atoms with Gasteiger partial charge in [0.05, 0.1) is 5.02 Å². The van der Waals surface area contributed by atoms with E-state index in [-0.39, 0.29) is 32.1 Å². The maximum atomic E-state index is 14.2. The lowest BCUT2D eigenvalue weighted by molar-refractivity contribution is -0.126. The first-order valence-corrected chi connectivity index (χ1v) is 11.1. The average Bonchev–Trinajstić information content (AvgIpc) is 3.29. The van der Waals surface area contributed by atoms with Gasteiger partial charge in [-0.05, 0) is 36.4 Å². The van der Waals surface area contributed by atoms with Crippen molar-refractivity contribution < 1.29 is 26.8 Å². The fourth-order valence-corrected chi connectivity index (χ4v) is 4.22. The Morgan fingerprint density at radius 3 is 2.15 bits per heavy atom. The number of nitrogens with zero attached hydrogens (tertiary/aromatic N) is 2. The van der Waals surface area contributed by atoms with Crippen molar-refractivity contribution in [3.8, 4) is 11.3 Å². The Kier molecular flexibility index (Phi) is 7.12. The number of hydrogen-bond acceptors (Lipinski definition) is 3. The van der Waals surface area contributed by atoms with E-state index in [9.17, 15) is 22.4 Å². The third kappa shape index (κ3) is 4.76. The molecule has 0 unspecified atom stereocenters. The largest absolute Gasteiger partial charge is 0.457 e. The van der Waals surface area contributed by atoms with Crippen LogP contribution in [0.25, 0.3) is 17.4 Å². The van der Waals surface area contributed by atoms with Gasteiger partial charge in [0.1, 0.15) is 22.2 Å². The van der Waals surface area contributed by atoms with Crippen LogP contribution in [0.3, 0.4) is 0 Å². The second-order valence-electron chi connectivity index (χ2n) is 7.39. The summed E-state index contributed by atoms with van der Waals surface area (Å²) in [6, 6.07) is 8.34. The van der Waals surface area contributed by atoms with Gasteiger partial charge in [-0.3, -0.25) is 4.79 Å². The lowest BCUT2D eigenvalue weighted by Crippen LogP contribution is -2.49. The van der Waals surface area contributed by atoms with Gasteiger partial charge < -0.3 is 14.2 Å². The maximum Gasteiger partial charge on any atom is 0.246 e. The summed E-state index contributed by atoms with van der Waals surface area (Å²) >= 11 is 17.4. The van der Waals surface area contributed by atoms with Crippen LogP contribution < -0.4 is 4.90 Å². The topological polar surface area (TPSA) is 36.7 Å². The molecule has 2 heterocycles. The van der Waals surface area contributed by atoms with Crippen LogP contribution in [0.1, 0.15) is 5.76 Å². The van der Waals surface area contributed by atoms with Gasteiger partial charge in [-0.15, -0.1) is 0 Å². The molecule has 178 valence electrons. The van der Waals surface area contributed by atoms with E-state index in [1.165, 1.54) is 17.1 Å². The monoisotopic (exact) mass is 532 g/mol. The lowest BCUT2D eigenvalue weighted by atomic mass is 10.2. The van der Waals surface area contributed by atoms with E-state index in [0.29, 0.717) is 27.1 Å². The Balaban J connectivity index is 1.41. The molecule has 0 N–H and O–H groups in total. The second kappa shape index (κ2) is 9.90. The molecule has 0 atom stereocenters. The number of carbonyl (C=O) groups is 1. The van der Waals surface area contributed by atoms with E-state index in [0.717, 1.165) is 4.90 Å². The highest BCUT2D eigenvalue weighted by molar-refractivity contribution is 6.36. The second-order valence-corrected chi connectivity index (χ2v) is 8.61. The Bertz CT molecular complexity index is 1260. The van der Waals surface area contributed by atoms with Gasteiger partial charge in [0, 0.05) is 42.8 Å². The molecular formula is C23H15Cl3F4N2O2. The van der Waals surface area contributed by atoms with Crippen LogP contribution in [0.5, 0.6) is 0 Å². The molecule has 4 nitrogen and oxygen atoms in total. The summed E-state index contributed by atoms with van der Waals surface area (Å²) in [7, 11) is 0. The van der Waals surface area contributed by atoms with Gasteiger partial charge in [0.25, 0.3) is 0 Å². The zero-order valence-electron chi connectivity index (χ0n) is 17.2. The minimum atomic E-state index is -1.66. The van der Waals surface area contributed by atoms with E-state index >= 15 is 0 Å². The van der Waals surface area contributed by atoms with Gasteiger partial charge in [-0.1, -0.05) is 34.8 Å². The number of rotatable bonds is 4. The van der Waals surface area contributed by atoms with Gasteiger partial charge >= 0.3 is 0 Å². The molecule has 34 heavy (non-hydrogen) atoms. The number of hydrogen-bond donors (Lipinski definition) is 0. The molecule has 1 saturated heterocycles. The van der Waals surface area contributed by atoms with Crippen molar-refractivity contribution in [1.82, 2.24) is 4.90 Å². The van der Waals surface area contributed by atoms with Crippen LogP contribution in [0.4, 0.5) is 23.2 Å². The number of benzene rings is 2. The molecule has 1 aliphatic rings. The standard InChI is InChI=1S/C23H15Cl3F4N2O2/c24-12-1-4-14(15(25)11-12)16-5-2-13(34-16)3-6-17(33)31-7-9-32(10-8-31)23-21(29)19(27)18(26)20(28)22(23)30/h1-6,11H,7-10H2/b6-3+. The smallest absolute Gasteiger partial charge is 0.246 e. The number of halogens is 7. The molecule has 1 aliphatic heterocycles. The van der Waals surface area contributed by atoms with Crippen molar-refractivity contribution in [3.05, 3.63) is 80.5 Å². The highest BCUT2D eigenvalue weighted by Crippen LogP contribution is 2.34. The van der Waals surface area contributed by atoms with Crippen LogP contribution in [-0.4, -0.2) is 37.0 Å². The van der Waals surface area contributed by atoms with Crippen molar-refractivity contribution in [2.75, 3.05) is 31.1 Å². The van der Waals surface area contributed by atoms with Crippen molar-refractivity contribution in [3.63, 3.8) is 0 Å². The van der Waals surface area contributed by atoms with Crippen LogP contribution in [0.2, 0.25) is 15.1 Å². The summed E-state index contributed by atoms with van der Waals surface area (Å²) in [4.78, 5) is 15.1. The summed E-state index contributed by atoms with van der Waals surface area (Å²) in [6.07, 6.45) is 2.77. The molecule has 0 bridgehead atoms. The number of amides is 1. The molecule has 1 amide bonds. The van der Waals surface area contributed by atoms with E-state index < -0.39 is 34.0 Å². The predicted octanol–water partition coefficient (Wildman–Crippen LogP) is 6.83. The first-order chi connectivity index (χ1) is 16.2. The Hall–Kier alpha value is -2.68. The van der Waals surface area contributed by atoms with E-state index in [2.05, 4.69) is 0 Å². The molecule has 0 saturated carbocycles. The third-order valence-electron chi connectivity index (χ3n) is 5.31. The quantitative estimate of drug-likeness (QED) is 0.160. The Morgan fingerprint density at radius 2 is 1.53 bits per heavy atom. The van der Waals surface area contributed by atoms with Gasteiger partial charge in [-0.2, -0.15) is 0 Å². The summed E-state index contributed by atoms with van der Waals surface area (Å²) < 4.78 is 61.6. The van der Waals surface area contributed by atoms with Crippen molar-refractivity contribution >= 4 is 52.5 Å². The maximum absolute atomic E-state index is 14.2. The zero-order valence-corrected chi connectivity index (χ0v) is 19.5. The molecular weight excluding hydrogens is 519 g/mol. The molecule has 1 aromatic heterocycles. The Morgan fingerprint density at radius 1 is 0.882 bits per heavy atom. The van der Waals surface area contributed by atoms with Crippen molar-refractivity contribution in [1.29, 1.82) is 0 Å². The average molecular weight is 534 g/mol. The first-order valence-electron chi connectivity index (χ1n) is 9.96. The lowest BCUT2D eigenvalue weighted by Gasteiger charge is -2.36. The van der Waals surface area contributed by atoms with Crippen LogP contribution in [-0.2, 0) is 4.79 Å². The molecule has 0 aliphatic carbocycles. The normalized spacial score (nSPS) is 14.3. The summed E-state index contributed by atoms with van der Waals surface area (Å²) in [5.74, 6) is -5.92. The third-order valence-corrected chi connectivity index (χ3v) is 6.19. The number of furan rings is 1. The number of carbonyl (C=O) groups excluding carboxylic acids is 1. The van der Waals surface area contributed by atoms with Crippen molar-refractivity contribution in [2.45, 2.75) is 0 Å². The molecule has 0 radical (unpaired) electrons. The van der Waals surface area contributed by atoms with Crippen molar-refractivity contribution in [2.24, 2.45) is 0 Å². The fourth-order valence-electron chi connectivity index (χ4n) is 3.56.